The molecule has 2 N–H and O–H groups in total. The summed E-state index contributed by atoms with van der Waals surface area (Å²) in [4.78, 5) is 0. The van der Waals surface area contributed by atoms with Gasteiger partial charge in [0, 0.05) is 23.9 Å². The van der Waals surface area contributed by atoms with Crippen molar-refractivity contribution in [1.29, 1.82) is 0 Å². The van der Waals surface area contributed by atoms with E-state index in [2.05, 4.69) is 21.2 Å². The van der Waals surface area contributed by atoms with Crippen molar-refractivity contribution in [1.82, 2.24) is 0 Å². The Morgan fingerprint density at radius 2 is 2.11 bits per heavy atom. The lowest BCUT2D eigenvalue weighted by molar-refractivity contribution is 0.387. The van der Waals surface area contributed by atoms with Gasteiger partial charge in [-0.2, -0.15) is 0 Å². The molecule has 19 heavy (non-hydrogen) atoms. The molecule has 0 atom stereocenters. The minimum Gasteiger partial charge on any atom is -0.506 e. The van der Waals surface area contributed by atoms with Crippen molar-refractivity contribution in [2.24, 2.45) is 0 Å². The van der Waals surface area contributed by atoms with Crippen LogP contribution in [0.5, 0.6) is 11.5 Å². The lowest BCUT2D eigenvalue weighted by Gasteiger charge is -2.10. The number of benzene rings is 2. The van der Waals surface area contributed by atoms with Gasteiger partial charge in [-0.05, 0) is 34.1 Å². The van der Waals surface area contributed by atoms with Crippen molar-refractivity contribution in [3.8, 4) is 11.5 Å². The maximum absolute atomic E-state index is 13.3. The van der Waals surface area contributed by atoms with Crippen LogP contribution in [0, 0.1) is 5.82 Å². The zero-order valence-corrected chi connectivity index (χ0v) is 11.9. The van der Waals surface area contributed by atoms with E-state index in [9.17, 15) is 9.50 Å². The summed E-state index contributed by atoms with van der Waals surface area (Å²) in [5, 5.41) is 13.0. The van der Waals surface area contributed by atoms with E-state index < -0.39 is 5.82 Å². The van der Waals surface area contributed by atoms with E-state index in [0.717, 1.165) is 11.3 Å². The number of ether oxygens (including phenoxy) is 1. The summed E-state index contributed by atoms with van der Waals surface area (Å²) in [7, 11) is 1.42. The number of para-hydroxylation sites is 1. The fourth-order valence-electron chi connectivity index (χ4n) is 1.67. The van der Waals surface area contributed by atoms with Crippen LogP contribution >= 0.6 is 15.9 Å². The topological polar surface area (TPSA) is 41.5 Å². The van der Waals surface area contributed by atoms with E-state index in [4.69, 9.17) is 4.74 Å². The van der Waals surface area contributed by atoms with Crippen LogP contribution in [-0.2, 0) is 6.54 Å². The van der Waals surface area contributed by atoms with E-state index in [1.165, 1.54) is 13.2 Å². The average molecular weight is 326 g/mol. The zero-order valence-electron chi connectivity index (χ0n) is 10.3. The van der Waals surface area contributed by atoms with Crippen molar-refractivity contribution in [2.45, 2.75) is 6.54 Å². The summed E-state index contributed by atoms with van der Waals surface area (Å²) >= 11 is 3.26. The molecule has 2 rings (SSSR count). The maximum Gasteiger partial charge on any atom is 0.165 e. The molecule has 0 aromatic heterocycles. The maximum atomic E-state index is 13.3. The summed E-state index contributed by atoms with van der Waals surface area (Å²) in [5.74, 6) is -0.0223. The van der Waals surface area contributed by atoms with Crippen LogP contribution in [0.2, 0.25) is 0 Å². The van der Waals surface area contributed by atoms with Crippen molar-refractivity contribution in [2.75, 3.05) is 12.4 Å². The van der Waals surface area contributed by atoms with Crippen molar-refractivity contribution >= 4 is 21.6 Å². The highest BCUT2D eigenvalue weighted by atomic mass is 79.9. The SMILES string of the molecule is COc1cc(NCc2cccc(Br)c2O)ccc1F. The number of nitrogens with one attached hydrogen (secondary N) is 1. The van der Waals surface area contributed by atoms with E-state index in [0.29, 0.717) is 11.0 Å². The van der Waals surface area contributed by atoms with Crippen molar-refractivity contribution in [3.05, 3.63) is 52.3 Å². The summed E-state index contributed by atoms with van der Waals surface area (Å²) < 4.78 is 18.8. The molecule has 0 aliphatic rings. The Hall–Kier alpha value is -1.75. The number of hydrogen-bond donors (Lipinski definition) is 2. The molecule has 0 bridgehead atoms. The average Bonchev–Trinajstić information content (AvgIpc) is 2.42. The van der Waals surface area contributed by atoms with Gasteiger partial charge in [-0.25, -0.2) is 4.39 Å². The Labute approximate surface area is 119 Å². The molecule has 0 unspecified atom stereocenters. The largest absolute Gasteiger partial charge is 0.506 e. The van der Waals surface area contributed by atoms with Crippen LogP contribution in [0.25, 0.3) is 0 Å². The lowest BCUT2D eigenvalue weighted by Crippen LogP contribution is -2.00. The predicted octanol–water partition coefficient (Wildman–Crippen LogP) is 3.91. The summed E-state index contributed by atoms with van der Waals surface area (Å²) in [5.41, 5.74) is 1.47. The summed E-state index contributed by atoms with van der Waals surface area (Å²) in [6.45, 7) is 0.431. The van der Waals surface area contributed by atoms with Gasteiger partial charge in [-0.3, -0.25) is 0 Å². The number of halogens is 2. The molecule has 2 aromatic carbocycles. The van der Waals surface area contributed by atoms with Gasteiger partial charge in [-0.15, -0.1) is 0 Å². The van der Waals surface area contributed by atoms with Crippen molar-refractivity contribution < 1.29 is 14.2 Å². The van der Waals surface area contributed by atoms with Crippen LogP contribution < -0.4 is 10.1 Å². The fourth-order valence-corrected chi connectivity index (χ4v) is 2.08. The van der Waals surface area contributed by atoms with Gasteiger partial charge in [0.1, 0.15) is 5.75 Å². The molecule has 2 aromatic rings. The highest BCUT2D eigenvalue weighted by Crippen LogP contribution is 2.28. The minimum absolute atomic E-state index is 0.184. The normalized spacial score (nSPS) is 10.3. The van der Waals surface area contributed by atoms with Gasteiger partial charge >= 0.3 is 0 Å². The molecule has 0 fully saturated rings. The standard InChI is InChI=1S/C14H13BrFNO2/c1-19-13-7-10(5-6-12(13)16)17-8-9-3-2-4-11(15)14(9)18/h2-7,17-18H,8H2,1H3. The third kappa shape index (κ3) is 3.17. The molecule has 5 heteroatoms. The van der Waals surface area contributed by atoms with Crippen LogP contribution in [0.15, 0.2) is 40.9 Å². The molecular formula is C14H13BrFNO2. The minimum atomic E-state index is -0.404. The molecule has 0 saturated carbocycles. The Morgan fingerprint density at radius 1 is 1.32 bits per heavy atom. The van der Waals surface area contributed by atoms with Crippen LogP contribution in [0.1, 0.15) is 5.56 Å². The predicted molar refractivity (Wildman–Crippen MR) is 76.1 cm³/mol. The molecule has 0 heterocycles. The molecule has 0 aliphatic heterocycles. The number of phenols is 1. The van der Waals surface area contributed by atoms with E-state index in [1.54, 1.807) is 18.2 Å². The molecule has 0 amide bonds. The molecule has 100 valence electrons. The number of anilines is 1. The molecule has 0 saturated heterocycles. The highest BCUT2D eigenvalue weighted by molar-refractivity contribution is 9.10. The van der Waals surface area contributed by atoms with Gasteiger partial charge in [0.15, 0.2) is 11.6 Å². The number of rotatable bonds is 4. The van der Waals surface area contributed by atoms with E-state index in [-0.39, 0.29) is 11.5 Å². The second-order valence-electron chi connectivity index (χ2n) is 3.95. The Balaban J connectivity index is 2.12. The summed E-state index contributed by atoms with van der Waals surface area (Å²) in [6.07, 6.45) is 0. The molecule has 0 radical (unpaired) electrons. The van der Waals surface area contributed by atoms with E-state index in [1.807, 2.05) is 12.1 Å². The van der Waals surface area contributed by atoms with Gasteiger partial charge in [0.2, 0.25) is 0 Å². The number of methoxy groups -OCH3 is 1. The zero-order chi connectivity index (χ0) is 13.8. The first-order valence-electron chi connectivity index (χ1n) is 5.65. The molecule has 0 spiro atoms. The first-order chi connectivity index (χ1) is 9.11. The van der Waals surface area contributed by atoms with Gasteiger partial charge < -0.3 is 15.2 Å². The van der Waals surface area contributed by atoms with Crippen LogP contribution in [0.3, 0.4) is 0 Å². The Bertz CT molecular complexity index is 590. The second kappa shape index (κ2) is 5.93. The van der Waals surface area contributed by atoms with Crippen molar-refractivity contribution in [3.63, 3.8) is 0 Å². The molecule has 0 aliphatic carbocycles. The van der Waals surface area contributed by atoms with Gasteiger partial charge in [-0.1, -0.05) is 12.1 Å². The van der Waals surface area contributed by atoms with Gasteiger partial charge in [0.05, 0.1) is 11.6 Å². The summed E-state index contributed by atoms with van der Waals surface area (Å²) in [6, 6.07) is 9.94. The number of phenolic OH excluding ortho intramolecular Hbond substituents is 1. The monoisotopic (exact) mass is 325 g/mol. The van der Waals surface area contributed by atoms with Crippen LogP contribution in [0.4, 0.5) is 10.1 Å². The third-order valence-corrected chi connectivity index (χ3v) is 3.34. The Kier molecular flexibility index (Phi) is 4.27. The third-order valence-electron chi connectivity index (χ3n) is 2.70. The molecular weight excluding hydrogens is 313 g/mol. The number of aromatic hydroxyl groups is 1. The number of hydrogen-bond acceptors (Lipinski definition) is 3. The first-order valence-corrected chi connectivity index (χ1v) is 6.45. The quantitative estimate of drug-likeness (QED) is 0.895. The molecule has 3 nitrogen and oxygen atoms in total. The van der Waals surface area contributed by atoms with Gasteiger partial charge in [0.25, 0.3) is 0 Å². The lowest BCUT2D eigenvalue weighted by atomic mass is 10.2. The smallest absolute Gasteiger partial charge is 0.165 e. The Morgan fingerprint density at radius 3 is 2.84 bits per heavy atom. The highest BCUT2D eigenvalue weighted by Gasteiger charge is 2.06. The van der Waals surface area contributed by atoms with Crippen LogP contribution in [-0.4, -0.2) is 12.2 Å². The fraction of sp³-hybridized carbons (Fsp3) is 0.143. The second-order valence-corrected chi connectivity index (χ2v) is 4.80. The van der Waals surface area contributed by atoms with E-state index >= 15 is 0 Å². The first kappa shape index (κ1) is 13.7.